The van der Waals surface area contributed by atoms with Crippen LogP contribution in [0.2, 0.25) is 0 Å². The van der Waals surface area contributed by atoms with Gasteiger partial charge in [-0.2, -0.15) is 0 Å². The first-order valence-corrected chi connectivity index (χ1v) is 6.20. The molecule has 0 spiro atoms. The molecular formula is C7H16N2O4S. The van der Waals surface area contributed by atoms with Crippen LogP contribution in [0, 0.1) is 0 Å². The molecule has 0 aliphatic carbocycles. The van der Waals surface area contributed by atoms with Crippen LogP contribution >= 0.6 is 0 Å². The summed E-state index contributed by atoms with van der Waals surface area (Å²) in [4.78, 5) is 0. The Hall–Kier alpha value is -0.210. The quantitative estimate of drug-likeness (QED) is 0.542. The third-order valence-corrected chi connectivity index (χ3v) is 2.59. The van der Waals surface area contributed by atoms with Gasteiger partial charge in [0.15, 0.2) is 0 Å². The van der Waals surface area contributed by atoms with E-state index in [1.165, 1.54) is 0 Å². The van der Waals surface area contributed by atoms with Crippen LogP contribution in [-0.4, -0.2) is 53.2 Å². The van der Waals surface area contributed by atoms with E-state index in [-0.39, 0.29) is 11.9 Å². The number of nitrogens with two attached hydrogens (primary N) is 1. The molecule has 84 valence electrons. The lowest BCUT2D eigenvalue weighted by molar-refractivity contribution is -0.0861. The van der Waals surface area contributed by atoms with E-state index < -0.39 is 10.0 Å². The molecule has 1 rings (SSSR count). The van der Waals surface area contributed by atoms with Gasteiger partial charge in [0.1, 0.15) is 0 Å². The van der Waals surface area contributed by atoms with E-state index in [0.717, 1.165) is 0 Å². The summed E-state index contributed by atoms with van der Waals surface area (Å²) >= 11 is 0. The second-order valence-corrected chi connectivity index (χ2v) is 4.87. The predicted molar refractivity (Wildman–Crippen MR) is 51.4 cm³/mol. The molecule has 0 aromatic rings. The highest BCUT2D eigenvalue weighted by Crippen LogP contribution is 1.98. The number of sulfonamides is 1. The van der Waals surface area contributed by atoms with E-state index in [2.05, 4.69) is 5.32 Å². The summed E-state index contributed by atoms with van der Waals surface area (Å²) in [5.41, 5.74) is 0. The van der Waals surface area contributed by atoms with Crippen molar-refractivity contribution < 1.29 is 17.9 Å². The largest absolute Gasteiger partial charge is 0.376 e. The normalized spacial score (nSPS) is 23.6. The van der Waals surface area contributed by atoms with Crippen LogP contribution in [0.4, 0.5) is 0 Å². The van der Waals surface area contributed by atoms with Crippen molar-refractivity contribution in [2.75, 3.05) is 38.7 Å². The van der Waals surface area contributed by atoms with Crippen molar-refractivity contribution in [3.63, 3.8) is 0 Å². The smallest absolute Gasteiger partial charge is 0.210 e. The van der Waals surface area contributed by atoms with E-state index in [1.807, 2.05) is 0 Å². The minimum Gasteiger partial charge on any atom is -0.376 e. The van der Waals surface area contributed by atoms with E-state index in [0.29, 0.717) is 32.9 Å². The predicted octanol–water partition coefficient (Wildman–Crippen LogP) is -1.72. The highest BCUT2D eigenvalue weighted by molar-refractivity contribution is 7.89. The maximum atomic E-state index is 10.6. The Labute approximate surface area is 83.8 Å². The number of hydrogen-bond acceptors (Lipinski definition) is 5. The molecule has 1 atom stereocenters. The molecule has 0 aromatic carbocycles. The van der Waals surface area contributed by atoms with Gasteiger partial charge < -0.3 is 14.8 Å². The Balaban J connectivity index is 2.03. The fourth-order valence-electron chi connectivity index (χ4n) is 1.13. The van der Waals surface area contributed by atoms with Gasteiger partial charge in [-0.1, -0.05) is 0 Å². The Kier molecular flexibility index (Phi) is 4.76. The van der Waals surface area contributed by atoms with Gasteiger partial charge in [0.05, 0.1) is 31.7 Å². The summed E-state index contributed by atoms with van der Waals surface area (Å²) in [5, 5.41) is 7.78. The molecule has 6 nitrogen and oxygen atoms in total. The number of ether oxygens (including phenoxy) is 2. The van der Waals surface area contributed by atoms with Crippen molar-refractivity contribution in [1.29, 1.82) is 0 Å². The molecule has 7 heteroatoms. The first-order chi connectivity index (χ1) is 6.58. The summed E-state index contributed by atoms with van der Waals surface area (Å²) in [6.07, 6.45) is 0.0178. The van der Waals surface area contributed by atoms with Crippen LogP contribution in [-0.2, 0) is 19.5 Å². The molecule has 0 saturated carbocycles. The lowest BCUT2D eigenvalue weighted by Crippen LogP contribution is -2.39. The van der Waals surface area contributed by atoms with Crippen LogP contribution < -0.4 is 10.5 Å². The van der Waals surface area contributed by atoms with E-state index in [1.54, 1.807) is 0 Å². The zero-order valence-corrected chi connectivity index (χ0v) is 8.76. The summed E-state index contributed by atoms with van der Waals surface area (Å²) < 4.78 is 31.6. The molecule has 0 bridgehead atoms. The standard InChI is InChI=1S/C7H16N2O4S/c8-14(10,11)4-1-9-5-7-6-12-2-3-13-7/h7,9H,1-6H2,(H2,8,10,11). The summed E-state index contributed by atoms with van der Waals surface area (Å²) in [6, 6.07) is 0. The van der Waals surface area contributed by atoms with Crippen molar-refractivity contribution in [2.24, 2.45) is 5.14 Å². The van der Waals surface area contributed by atoms with Crippen LogP contribution in [0.3, 0.4) is 0 Å². The van der Waals surface area contributed by atoms with Gasteiger partial charge in [-0.05, 0) is 0 Å². The molecule has 0 radical (unpaired) electrons. The molecular weight excluding hydrogens is 208 g/mol. The lowest BCUT2D eigenvalue weighted by Gasteiger charge is -2.23. The fourth-order valence-corrected chi connectivity index (χ4v) is 1.56. The van der Waals surface area contributed by atoms with Crippen molar-refractivity contribution in [2.45, 2.75) is 6.10 Å². The average molecular weight is 224 g/mol. The Morgan fingerprint density at radius 2 is 2.21 bits per heavy atom. The molecule has 1 fully saturated rings. The molecule has 0 amide bonds. The first-order valence-electron chi connectivity index (χ1n) is 4.48. The number of hydrogen-bond donors (Lipinski definition) is 2. The summed E-state index contributed by atoms with van der Waals surface area (Å²) in [5.74, 6) is -0.0550. The fraction of sp³-hybridized carbons (Fsp3) is 1.00. The third-order valence-electron chi connectivity index (χ3n) is 1.82. The van der Waals surface area contributed by atoms with Crippen LogP contribution in [0.1, 0.15) is 0 Å². The zero-order chi connectivity index (χ0) is 10.4. The van der Waals surface area contributed by atoms with Gasteiger partial charge in [0, 0.05) is 13.1 Å². The number of rotatable bonds is 5. The Morgan fingerprint density at radius 3 is 2.79 bits per heavy atom. The second kappa shape index (κ2) is 5.62. The lowest BCUT2D eigenvalue weighted by atomic mass is 10.3. The minimum atomic E-state index is -3.36. The topological polar surface area (TPSA) is 90.7 Å². The molecule has 1 heterocycles. The maximum absolute atomic E-state index is 10.6. The highest BCUT2D eigenvalue weighted by Gasteiger charge is 2.13. The van der Waals surface area contributed by atoms with E-state index >= 15 is 0 Å². The zero-order valence-electron chi connectivity index (χ0n) is 7.94. The van der Waals surface area contributed by atoms with Crippen molar-refractivity contribution in [3.05, 3.63) is 0 Å². The number of primary sulfonamides is 1. The van der Waals surface area contributed by atoms with Gasteiger partial charge >= 0.3 is 0 Å². The molecule has 0 aromatic heterocycles. The third kappa shape index (κ3) is 5.51. The molecule has 14 heavy (non-hydrogen) atoms. The van der Waals surface area contributed by atoms with Crippen LogP contribution in [0.15, 0.2) is 0 Å². The average Bonchev–Trinajstić information content (AvgIpc) is 2.13. The van der Waals surface area contributed by atoms with Gasteiger partial charge in [-0.25, -0.2) is 13.6 Å². The second-order valence-electron chi connectivity index (χ2n) is 3.14. The molecule has 1 aliphatic rings. The summed E-state index contributed by atoms with van der Waals surface area (Å²) in [7, 11) is -3.36. The van der Waals surface area contributed by atoms with Crippen LogP contribution in [0.5, 0.6) is 0 Å². The first kappa shape index (κ1) is 11.9. The van der Waals surface area contributed by atoms with Crippen LogP contribution in [0.25, 0.3) is 0 Å². The molecule has 3 N–H and O–H groups in total. The van der Waals surface area contributed by atoms with Crippen molar-refractivity contribution in [1.82, 2.24) is 5.32 Å². The number of nitrogens with one attached hydrogen (secondary N) is 1. The van der Waals surface area contributed by atoms with Crippen molar-refractivity contribution >= 4 is 10.0 Å². The highest BCUT2D eigenvalue weighted by atomic mass is 32.2. The van der Waals surface area contributed by atoms with Gasteiger partial charge in [0.2, 0.25) is 10.0 Å². The SMILES string of the molecule is NS(=O)(=O)CCNCC1COCCO1. The molecule has 1 aliphatic heterocycles. The van der Waals surface area contributed by atoms with E-state index in [4.69, 9.17) is 14.6 Å². The van der Waals surface area contributed by atoms with Gasteiger partial charge in [0.25, 0.3) is 0 Å². The summed E-state index contributed by atoms with van der Waals surface area (Å²) in [6.45, 7) is 2.73. The van der Waals surface area contributed by atoms with E-state index in [9.17, 15) is 8.42 Å². The van der Waals surface area contributed by atoms with Gasteiger partial charge in [-0.15, -0.1) is 0 Å². The minimum absolute atomic E-state index is 0.0178. The Morgan fingerprint density at radius 1 is 1.43 bits per heavy atom. The van der Waals surface area contributed by atoms with Crippen molar-refractivity contribution in [3.8, 4) is 0 Å². The monoisotopic (exact) mass is 224 g/mol. The Bertz CT molecular complexity index is 248. The molecule has 1 unspecified atom stereocenters. The maximum Gasteiger partial charge on any atom is 0.210 e. The van der Waals surface area contributed by atoms with Gasteiger partial charge in [-0.3, -0.25) is 0 Å². The molecule has 1 saturated heterocycles.